The Balaban J connectivity index is 2.15. The van der Waals surface area contributed by atoms with E-state index in [2.05, 4.69) is 0 Å². The summed E-state index contributed by atoms with van der Waals surface area (Å²) >= 11 is 0. The van der Waals surface area contributed by atoms with Crippen molar-refractivity contribution in [3.8, 4) is 0 Å². The molecule has 1 saturated heterocycles. The standard InChI is InChI=1S/C19H22F3NO4/c1-10(2)16(24)13-6-4-12(5-7-13)11(3)17(25)23-8-14(18(26)27)15(9-23)19(20,21)22/h4-7,10-11,14-15H,8-9H2,1-3H3,(H,26,27)/t11?,14-,15-/m1/s1. The Bertz CT molecular complexity index is 727. The quantitative estimate of drug-likeness (QED) is 0.789. The Morgan fingerprint density at radius 3 is 2.04 bits per heavy atom. The van der Waals surface area contributed by atoms with Crippen LogP contribution in [0, 0.1) is 17.8 Å². The van der Waals surface area contributed by atoms with Crippen LogP contribution in [0.5, 0.6) is 0 Å². The molecule has 0 spiro atoms. The van der Waals surface area contributed by atoms with Gasteiger partial charge in [-0.25, -0.2) is 0 Å². The van der Waals surface area contributed by atoms with Crippen LogP contribution in [0.15, 0.2) is 24.3 Å². The Kier molecular flexibility index (Phi) is 5.97. The molecule has 1 aromatic carbocycles. The SMILES string of the molecule is CC(C)C(=O)c1ccc(C(C)C(=O)N2C[C@@H](C(F)(F)F)[C@H](C(=O)O)C2)cc1. The summed E-state index contributed by atoms with van der Waals surface area (Å²) in [5.41, 5.74) is 1.06. The van der Waals surface area contributed by atoms with Crippen LogP contribution in [0.3, 0.4) is 0 Å². The molecule has 0 bridgehead atoms. The lowest BCUT2D eigenvalue weighted by Crippen LogP contribution is -2.35. The molecule has 3 atom stereocenters. The largest absolute Gasteiger partial charge is 0.481 e. The molecule has 0 radical (unpaired) electrons. The van der Waals surface area contributed by atoms with Crippen molar-refractivity contribution in [3.05, 3.63) is 35.4 Å². The van der Waals surface area contributed by atoms with Gasteiger partial charge in [-0.2, -0.15) is 13.2 Å². The van der Waals surface area contributed by atoms with E-state index in [-0.39, 0.29) is 11.7 Å². The van der Waals surface area contributed by atoms with E-state index in [0.717, 1.165) is 4.90 Å². The maximum atomic E-state index is 13.1. The summed E-state index contributed by atoms with van der Waals surface area (Å²) in [5, 5.41) is 9.06. The van der Waals surface area contributed by atoms with E-state index in [1.54, 1.807) is 45.0 Å². The second-order valence-electron chi connectivity index (χ2n) is 7.20. The van der Waals surface area contributed by atoms with Crippen molar-refractivity contribution >= 4 is 17.7 Å². The highest BCUT2D eigenvalue weighted by molar-refractivity contribution is 5.97. The first-order valence-corrected chi connectivity index (χ1v) is 8.66. The van der Waals surface area contributed by atoms with E-state index in [4.69, 9.17) is 5.11 Å². The molecule has 8 heteroatoms. The summed E-state index contributed by atoms with van der Waals surface area (Å²) in [6.07, 6.45) is -4.68. The van der Waals surface area contributed by atoms with Gasteiger partial charge in [0.1, 0.15) is 0 Å². The zero-order valence-corrected chi connectivity index (χ0v) is 15.3. The van der Waals surface area contributed by atoms with Crippen LogP contribution < -0.4 is 0 Å². The summed E-state index contributed by atoms with van der Waals surface area (Å²) in [6.45, 7) is 3.97. The molecule has 1 aliphatic heterocycles. The van der Waals surface area contributed by atoms with Crippen molar-refractivity contribution in [3.63, 3.8) is 0 Å². The van der Waals surface area contributed by atoms with Crippen molar-refractivity contribution < 1.29 is 32.7 Å². The molecule has 0 aromatic heterocycles. The fourth-order valence-electron chi connectivity index (χ4n) is 3.25. The van der Waals surface area contributed by atoms with Gasteiger partial charge in [0.25, 0.3) is 0 Å². The van der Waals surface area contributed by atoms with Crippen LogP contribution in [-0.4, -0.2) is 46.9 Å². The van der Waals surface area contributed by atoms with Crippen LogP contribution in [0.4, 0.5) is 13.2 Å². The van der Waals surface area contributed by atoms with E-state index in [0.29, 0.717) is 11.1 Å². The first-order valence-electron chi connectivity index (χ1n) is 8.66. The van der Waals surface area contributed by atoms with Crippen molar-refractivity contribution in [2.24, 2.45) is 17.8 Å². The van der Waals surface area contributed by atoms with Crippen LogP contribution in [0.2, 0.25) is 0 Å². The van der Waals surface area contributed by atoms with Crippen molar-refractivity contribution in [2.45, 2.75) is 32.9 Å². The molecular weight excluding hydrogens is 363 g/mol. The maximum Gasteiger partial charge on any atom is 0.394 e. The smallest absolute Gasteiger partial charge is 0.394 e. The zero-order chi connectivity index (χ0) is 20.5. The molecule has 5 nitrogen and oxygen atoms in total. The van der Waals surface area contributed by atoms with Crippen molar-refractivity contribution in [2.75, 3.05) is 13.1 Å². The van der Waals surface area contributed by atoms with Gasteiger partial charge in [0, 0.05) is 24.6 Å². The molecule has 148 valence electrons. The number of amides is 1. The van der Waals surface area contributed by atoms with E-state index >= 15 is 0 Å². The number of carbonyl (C=O) groups excluding carboxylic acids is 2. The number of nitrogens with zero attached hydrogens (tertiary/aromatic N) is 1. The maximum absolute atomic E-state index is 13.1. The van der Waals surface area contributed by atoms with Gasteiger partial charge in [0.2, 0.25) is 5.91 Å². The molecule has 1 unspecified atom stereocenters. The monoisotopic (exact) mass is 385 g/mol. The second kappa shape index (κ2) is 7.70. The highest BCUT2D eigenvalue weighted by atomic mass is 19.4. The van der Waals surface area contributed by atoms with Gasteiger partial charge < -0.3 is 10.0 Å². The molecule has 27 heavy (non-hydrogen) atoms. The fourth-order valence-corrected chi connectivity index (χ4v) is 3.25. The minimum absolute atomic E-state index is 0.0441. The molecule has 0 aliphatic carbocycles. The van der Waals surface area contributed by atoms with E-state index < -0.39 is 48.9 Å². The highest BCUT2D eigenvalue weighted by Crippen LogP contribution is 2.38. The number of rotatable bonds is 5. The lowest BCUT2D eigenvalue weighted by molar-refractivity contribution is -0.188. The first kappa shape index (κ1) is 20.9. The zero-order valence-electron chi connectivity index (χ0n) is 15.3. The molecule has 1 N–H and O–H groups in total. The van der Waals surface area contributed by atoms with Crippen molar-refractivity contribution in [1.29, 1.82) is 0 Å². The van der Waals surface area contributed by atoms with Gasteiger partial charge in [-0.3, -0.25) is 14.4 Å². The molecular formula is C19H22F3NO4. The fraction of sp³-hybridized carbons (Fsp3) is 0.526. The van der Waals surface area contributed by atoms with Gasteiger partial charge in [-0.1, -0.05) is 38.1 Å². The van der Waals surface area contributed by atoms with Gasteiger partial charge in [-0.15, -0.1) is 0 Å². The lowest BCUT2D eigenvalue weighted by atomic mass is 9.95. The third-order valence-corrected chi connectivity index (χ3v) is 4.96. The van der Waals surface area contributed by atoms with Gasteiger partial charge >= 0.3 is 12.1 Å². The number of likely N-dealkylation sites (tertiary alicyclic amines) is 1. The Hall–Kier alpha value is -2.38. The number of halogens is 3. The molecule has 1 heterocycles. The second-order valence-corrected chi connectivity index (χ2v) is 7.20. The third kappa shape index (κ3) is 4.48. The van der Waals surface area contributed by atoms with Gasteiger partial charge in [0.15, 0.2) is 5.78 Å². The number of hydrogen-bond acceptors (Lipinski definition) is 3. The predicted molar refractivity (Wildman–Crippen MR) is 91.3 cm³/mol. The van der Waals surface area contributed by atoms with Gasteiger partial charge in [0.05, 0.1) is 17.8 Å². The number of benzene rings is 1. The molecule has 0 saturated carbocycles. The van der Waals surface area contributed by atoms with E-state index in [9.17, 15) is 27.6 Å². The number of hydrogen-bond donors (Lipinski definition) is 1. The molecule has 1 fully saturated rings. The molecule has 1 amide bonds. The Morgan fingerprint density at radius 2 is 1.63 bits per heavy atom. The number of carboxylic acid groups (broad SMARTS) is 1. The predicted octanol–water partition coefficient (Wildman–Crippen LogP) is 3.35. The summed E-state index contributed by atoms with van der Waals surface area (Å²) < 4.78 is 39.3. The summed E-state index contributed by atoms with van der Waals surface area (Å²) in [4.78, 5) is 36.7. The number of Topliss-reactive ketones (excluding diaryl/α,β-unsaturated/α-hetero) is 1. The van der Waals surface area contributed by atoms with Crippen molar-refractivity contribution in [1.82, 2.24) is 4.90 Å². The number of carboxylic acids is 1. The molecule has 1 aliphatic rings. The Labute approximate surface area is 155 Å². The average Bonchev–Trinajstić information content (AvgIpc) is 3.06. The van der Waals surface area contributed by atoms with Crippen LogP contribution in [-0.2, 0) is 9.59 Å². The highest BCUT2D eigenvalue weighted by Gasteiger charge is 2.53. The number of ketones is 1. The number of carbonyl (C=O) groups is 3. The van der Waals surface area contributed by atoms with Crippen LogP contribution >= 0.6 is 0 Å². The third-order valence-electron chi connectivity index (χ3n) is 4.96. The summed E-state index contributed by atoms with van der Waals surface area (Å²) in [7, 11) is 0. The topological polar surface area (TPSA) is 74.7 Å². The normalized spacial score (nSPS) is 21.4. The minimum Gasteiger partial charge on any atom is -0.481 e. The molecule has 2 rings (SSSR count). The average molecular weight is 385 g/mol. The number of aliphatic carboxylic acids is 1. The lowest BCUT2D eigenvalue weighted by Gasteiger charge is -2.22. The molecule has 1 aromatic rings. The summed E-state index contributed by atoms with van der Waals surface area (Å²) in [5.74, 6) is -6.81. The van der Waals surface area contributed by atoms with Gasteiger partial charge in [-0.05, 0) is 12.5 Å². The first-order chi connectivity index (χ1) is 12.4. The number of alkyl halides is 3. The minimum atomic E-state index is -4.68. The van der Waals surface area contributed by atoms with E-state index in [1.807, 2.05) is 0 Å². The van der Waals surface area contributed by atoms with E-state index in [1.165, 1.54) is 0 Å². The van der Waals surface area contributed by atoms with Crippen LogP contribution in [0.1, 0.15) is 42.6 Å². The summed E-state index contributed by atoms with van der Waals surface area (Å²) in [6, 6.07) is 6.38. The Morgan fingerprint density at radius 1 is 1.07 bits per heavy atom. The van der Waals surface area contributed by atoms with Crippen LogP contribution in [0.25, 0.3) is 0 Å².